The molecule has 116 valence electrons. The lowest BCUT2D eigenvalue weighted by Crippen LogP contribution is -2.33. The first-order valence-electron chi connectivity index (χ1n) is 7.45. The molecule has 0 saturated carbocycles. The van der Waals surface area contributed by atoms with Crippen LogP contribution in [0.25, 0.3) is 0 Å². The Morgan fingerprint density at radius 2 is 1.95 bits per heavy atom. The van der Waals surface area contributed by atoms with Gasteiger partial charge in [-0.1, -0.05) is 30.3 Å². The standard InChI is InChI=1S/C18H22N2O2/c1-3-22-17-10-9-15(11-16(17)19)18(21)13(2)20-12-14-7-5-4-6-8-14/h4-11,13,20H,3,12,19H2,1-2H3. The largest absolute Gasteiger partial charge is 0.492 e. The van der Waals surface area contributed by atoms with Crippen molar-refractivity contribution in [3.8, 4) is 5.75 Å². The van der Waals surface area contributed by atoms with Crippen molar-refractivity contribution in [2.24, 2.45) is 0 Å². The molecule has 22 heavy (non-hydrogen) atoms. The summed E-state index contributed by atoms with van der Waals surface area (Å²) in [6, 6.07) is 14.9. The van der Waals surface area contributed by atoms with E-state index in [9.17, 15) is 4.79 Å². The van der Waals surface area contributed by atoms with Crippen molar-refractivity contribution in [1.29, 1.82) is 0 Å². The van der Waals surface area contributed by atoms with Crippen LogP contribution >= 0.6 is 0 Å². The quantitative estimate of drug-likeness (QED) is 0.609. The SMILES string of the molecule is CCOc1ccc(C(=O)C(C)NCc2ccccc2)cc1N. The van der Waals surface area contributed by atoms with Crippen LogP contribution in [0, 0.1) is 0 Å². The molecule has 0 aromatic heterocycles. The number of ether oxygens (including phenoxy) is 1. The molecule has 4 nitrogen and oxygen atoms in total. The molecular weight excluding hydrogens is 276 g/mol. The molecule has 0 spiro atoms. The summed E-state index contributed by atoms with van der Waals surface area (Å²) < 4.78 is 5.39. The molecule has 0 amide bonds. The zero-order valence-corrected chi connectivity index (χ0v) is 13.0. The van der Waals surface area contributed by atoms with Crippen molar-refractivity contribution < 1.29 is 9.53 Å². The third-order valence-corrected chi connectivity index (χ3v) is 3.44. The number of benzene rings is 2. The summed E-state index contributed by atoms with van der Waals surface area (Å²) in [5, 5.41) is 3.23. The molecular formula is C18H22N2O2. The summed E-state index contributed by atoms with van der Waals surface area (Å²) in [6.45, 7) is 4.96. The highest BCUT2D eigenvalue weighted by Crippen LogP contribution is 2.23. The molecule has 1 atom stereocenters. The van der Waals surface area contributed by atoms with Crippen molar-refractivity contribution in [2.45, 2.75) is 26.4 Å². The van der Waals surface area contributed by atoms with Crippen LogP contribution in [-0.4, -0.2) is 18.4 Å². The smallest absolute Gasteiger partial charge is 0.179 e. The van der Waals surface area contributed by atoms with Crippen LogP contribution in [0.1, 0.15) is 29.8 Å². The van der Waals surface area contributed by atoms with Crippen molar-refractivity contribution in [2.75, 3.05) is 12.3 Å². The van der Waals surface area contributed by atoms with Crippen LogP contribution in [0.5, 0.6) is 5.75 Å². The Morgan fingerprint density at radius 1 is 1.23 bits per heavy atom. The van der Waals surface area contributed by atoms with Crippen LogP contribution in [0.2, 0.25) is 0 Å². The lowest BCUT2D eigenvalue weighted by Gasteiger charge is -2.14. The van der Waals surface area contributed by atoms with E-state index in [4.69, 9.17) is 10.5 Å². The first kappa shape index (κ1) is 16.0. The van der Waals surface area contributed by atoms with Gasteiger partial charge in [-0.3, -0.25) is 4.79 Å². The van der Waals surface area contributed by atoms with Gasteiger partial charge in [0.05, 0.1) is 18.3 Å². The zero-order chi connectivity index (χ0) is 15.9. The summed E-state index contributed by atoms with van der Waals surface area (Å²) in [4.78, 5) is 12.4. The molecule has 3 N–H and O–H groups in total. The topological polar surface area (TPSA) is 64.3 Å². The van der Waals surface area contributed by atoms with E-state index < -0.39 is 0 Å². The van der Waals surface area contributed by atoms with Crippen LogP contribution < -0.4 is 15.8 Å². The van der Waals surface area contributed by atoms with Crippen LogP contribution in [-0.2, 0) is 6.54 Å². The molecule has 1 unspecified atom stereocenters. The van der Waals surface area contributed by atoms with E-state index in [1.807, 2.05) is 44.2 Å². The molecule has 0 saturated heterocycles. The highest BCUT2D eigenvalue weighted by Gasteiger charge is 2.16. The number of hydrogen-bond donors (Lipinski definition) is 2. The number of nitrogens with two attached hydrogens (primary N) is 1. The monoisotopic (exact) mass is 298 g/mol. The zero-order valence-electron chi connectivity index (χ0n) is 13.0. The molecule has 0 heterocycles. The fourth-order valence-corrected chi connectivity index (χ4v) is 2.20. The van der Waals surface area contributed by atoms with Crippen molar-refractivity contribution in [3.05, 3.63) is 59.7 Å². The Morgan fingerprint density at radius 3 is 2.59 bits per heavy atom. The lowest BCUT2D eigenvalue weighted by atomic mass is 10.0. The van der Waals surface area contributed by atoms with E-state index >= 15 is 0 Å². The molecule has 4 heteroatoms. The molecule has 2 aromatic carbocycles. The minimum Gasteiger partial charge on any atom is -0.492 e. The number of Topliss-reactive ketones (excluding diaryl/α,β-unsaturated/α-hetero) is 1. The van der Waals surface area contributed by atoms with Gasteiger partial charge in [0.1, 0.15) is 5.75 Å². The van der Waals surface area contributed by atoms with E-state index in [-0.39, 0.29) is 11.8 Å². The Bertz CT molecular complexity index is 626. The normalized spacial score (nSPS) is 11.9. The van der Waals surface area contributed by atoms with E-state index in [1.54, 1.807) is 18.2 Å². The molecule has 0 aliphatic rings. The molecule has 0 aliphatic carbocycles. The summed E-state index contributed by atoms with van der Waals surface area (Å²) in [7, 11) is 0. The Kier molecular flexibility index (Phi) is 5.55. The van der Waals surface area contributed by atoms with Gasteiger partial charge in [0.25, 0.3) is 0 Å². The number of nitrogen functional groups attached to an aromatic ring is 1. The molecule has 2 rings (SSSR count). The van der Waals surface area contributed by atoms with E-state index in [0.29, 0.717) is 30.2 Å². The predicted octanol–water partition coefficient (Wildman–Crippen LogP) is 3.03. The molecule has 0 aliphatic heterocycles. The van der Waals surface area contributed by atoms with Crippen LogP contribution in [0.4, 0.5) is 5.69 Å². The van der Waals surface area contributed by atoms with E-state index in [0.717, 1.165) is 5.56 Å². The molecule has 2 aromatic rings. The number of hydrogen-bond acceptors (Lipinski definition) is 4. The third kappa shape index (κ3) is 4.09. The first-order chi connectivity index (χ1) is 10.6. The van der Waals surface area contributed by atoms with Gasteiger partial charge in [0.2, 0.25) is 0 Å². The maximum atomic E-state index is 12.4. The Hall–Kier alpha value is -2.33. The number of anilines is 1. The van der Waals surface area contributed by atoms with Gasteiger partial charge in [-0.2, -0.15) is 0 Å². The van der Waals surface area contributed by atoms with E-state index in [1.165, 1.54) is 0 Å². The van der Waals surface area contributed by atoms with Gasteiger partial charge >= 0.3 is 0 Å². The second-order valence-electron chi connectivity index (χ2n) is 5.14. The van der Waals surface area contributed by atoms with E-state index in [2.05, 4.69) is 5.32 Å². The van der Waals surface area contributed by atoms with Gasteiger partial charge in [-0.25, -0.2) is 0 Å². The summed E-state index contributed by atoms with van der Waals surface area (Å²) >= 11 is 0. The minimum atomic E-state index is -0.280. The average molecular weight is 298 g/mol. The van der Waals surface area contributed by atoms with Gasteiger partial charge in [-0.05, 0) is 37.6 Å². The number of ketones is 1. The van der Waals surface area contributed by atoms with Crippen LogP contribution in [0.3, 0.4) is 0 Å². The van der Waals surface area contributed by atoms with Crippen molar-refractivity contribution >= 4 is 11.5 Å². The fourth-order valence-electron chi connectivity index (χ4n) is 2.20. The third-order valence-electron chi connectivity index (χ3n) is 3.44. The maximum Gasteiger partial charge on any atom is 0.179 e. The fraction of sp³-hybridized carbons (Fsp3) is 0.278. The summed E-state index contributed by atoms with van der Waals surface area (Å²) in [5.74, 6) is 0.634. The number of carbonyl (C=O) groups excluding carboxylic acids is 1. The number of carbonyl (C=O) groups is 1. The van der Waals surface area contributed by atoms with Gasteiger partial charge in [-0.15, -0.1) is 0 Å². The number of nitrogens with one attached hydrogen (secondary N) is 1. The Labute approximate surface area is 131 Å². The molecule has 0 radical (unpaired) electrons. The second kappa shape index (κ2) is 7.61. The highest BCUT2D eigenvalue weighted by atomic mass is 16.5. The predicted molar refractivity (Wildman–Crippen MR) is 89.1 cm³/mol. The highest BCUT2D eigenvalue weighted by molar-refractivity contribution is 6.00. The van der Waals surface area contributed by atoms with Crippen molar-refractivity contribution in [3.63, 3.8) is 0 Å². The lowest BCUT2D eigenvalue weighted by molar-refractivity contribution is 0.0950. The van der Waals surface area contributed by atoms with Gasteiger partial charge in [0.15, 0.2) is 5.78 Å². The summed E-state index contributed by atoms with van der Waals surface area (Å²) in [5.41, 5.74) is 8.14. The minimum absolute atomic E-state index is 0.0191. The summed E-state index contributed by atoms with van der Waals surface area (Å²) in [6.07, 6.45) is 0. The molecule has 0 bridgehead atoms. The van der Waals surface area contributed by atoms with Gasteiger partial charge in [0, 0.05) is 12.1 Å². The average Bonchev–Trinajstić information content (AvgIpc) is 2.55. The first-order valence-corrected chi connectivity index (χ1v) is 7.45. The Balaban J connectivity index is 1.99. The second-order valence-corrected chi connectivity index (χ2v) is 5.14. The van der Waals surface area contributed by atoms with Crippen molar-refractivity contribution in [1.82, 2.24) is 5.32 Å². The number of rotatable bonds is 7. The van der Waals surface area contributed by atoms with Gasteiger partial charge < -0.3 is 15.8 Å². The van der Waals surface area contributed by atoms with Crippen LogP contribution in [0.15, 0.2) is 48.5 Å². The molecule has 0 fully saturated rings. The maximum absolute atomic E-state index is 12.4.